The van der Waals surface area contributed by atoms with E-state index in [-0.39, 0.29) is 16.9 Å². The predicted octanol–water partition coefficient (Wildman–Crippen LogP) is 12.5. The molecule has 1 amide bonds. The van der Waals surface area contributed by atoms with Crippen molar-refractivity contribution in [3.63, 3.8) is 0 Å². The van der Waals surface area contributed by atoms with E-state index in [1.165, 1.54) is 22.5 Å². The lowest BCUT2D eigenvalue weighted by Gasteiger charge is -2.28. The molecule has 2 aromatic rings. The van der Waals surface area contributed by atoms with E-state index < -0.39 is 5.60 Å². The molecule has 0 bridgehead atoms. The Labute approximate surface area is 342 Å². The number of nitrogens with zero attached hydrogens (tertiary/aromatic N) is 3. The van der Waals surface area contributed by atoms with E-state index in [1.54, 1.807) is 4.90 Å². The molecule has 55 heavy (non-hydrogen) atoms. The highest BCUT2D eigenvalue weighted by atomic mass is 35.5. The summed E-state index contributed by atoms with van der Waals surface area (Å²) in [6.07, 6.45) is 15.3. The molecule has 0 unspecified atom stereocenters. The first kappa shape index (κ1) is 43.1. The second-order valence-corrected chi connectivity index (χ2v) is 18.3. The van der Waals surface area contributed by atoms with Crippen LogP contribution in [0.2, 0.25) is 10.0 Å². The topological polar surface area (TPSA) is 74.5 Å². The number of hydrogen-bond donors (Lipinski definition) is 1. The van der Waals surface area contributed by atoms with Gasteiger partial charge in [0.25, 0.3) is 0 Å². The van der Waals surface area contributed by atoms with Gasteiger partial charge in [0, 0.05) is 82.4 Å². The van der Waals surface area contributed by atoms with Crippen LogP contribution in [0.15, 0.2) is 83.2 Å². The van der Waals surface area contributed by atoms with Gasteiger partial charge in [-0.05, 0) is 120 Å². The molecule has 0 atom stereocenters. The number of hydrogen-bond acceptors (Lipinski definition) is 7. The predicted molar refractivity (Wildman–Crippen MR) is 228 cm³/mol. The summed E-state index contributed by atoms with van der Waals surface area (Å²) >= 11 is 14.2. The van der Waals surface area contributed by atoms with Gasteiger partial charge in [-0.15, -0.1) is 4.33 Å². The first-order chi connectivity index (χ1) is 26.0. The third-order valence-corrected chi connectivity index (χ3v) is 11.9. The normalized spacial score (nSPS) is 19.0. The highest BCUT2D eigenvalue weighted by Gasteiger charge is 2.45. The molecule has 2 aliphatic heterocycles. The number of benzene rings is 2. The van der Waals surface area contributed by atoms with Crippen LogP contribution in [-0.2, 0) is 24.9 Å². The summed E-state index contributed by atoms with van der Waals surface area (Å²) in [4.78, 5) is 17.8. The summed E-state index contributed by atoms with van der Waals surface area (Å²) in [7, 11) is 1.82. The van der Waals surface area contributed by atoms with Crippen molar-refractivity contribution < 1.29 is 28.7 Å². The van der Waals surface area contributed by atoms with Crippen LogP contribution in [0.1, 0.15) is 111 Å². The number of fused-ring (bicyclic) bond motifs is 2. The van der Waals surface area contributed by atoms with Crippen LogP contribution in [-0.4, -0.2) is 58.0 Å². The molecule has 2 aromatic carbocycles. The van der Waals surface area contributed by atoms with E-state index in [1.807, 2.05) is 40.0 Å². The highest BCUT2D eigenvalue weighted by Crippen LogP contribution is 2.49. The minimum Gasteiger partial charge on any atom is -0.443 e. The third-order valence-electron chi connectivity index (χ3n) is 10.8. The Balaban J connectivity index is 1.57. The van der Waals surface area contributed by atoms with Gasteiger partial charge in [0.05, 0.1) is 11.1 Å². The van der Waals surface area contributed by atoms with Gasteiger partial charge < -0.3 is 9.64 Å². The van der Waals surface area contributed by atoms with Crippen LogP contribution >= 0.6 is 35.2 Å². The molecule has 0 fully saturated rings. The fraction of sp³-hybridized carbons (Fsp3) is 0.500. The number of amides is 1. The molecule has 2 heterocycles. The van der Waals surface area contributed by atoms with E-state index in [9.17, 15) is 4.79 Å². The number of likely N-dealkylation sites (N-methyl/N-ethyl adjacent to an activating group) is 1. The smallest absolute Gasteiger partial charge is 0.414 e. The van der Waals surface area contributed by atoms with Crippen LogP contribution in [0, 0.1) is 0 Å². The van der Waals surface area contributed by atoms with E-state index in [0.717, 1.165) is 103 Å². The van der Waals surface area contributed by atoms with E-state index in [2.05, 4.69) is 102 Å². The molecular formula is C44H58Cl2N3O5S+. The van der Waals surface area contributed by atoms with Crippen molar-refractivity contribution in [1.29, 1.82) is 0 Å². The number of carbonyl (C=O) groups excluding carboxylic acids is 1. The summed E-state index contributed by atoms with van der Waals surface area (Å²) in [5.74, 6) is 0.683. The average molecular weight is 812 g/mol. The van der Waals surface area contributed by atoms with E-state index in [4.69, 9.17) is 33.2 Å². The summed E-state index contributed by atoms with van der Waals surface area (Å²) < 4.78 is 12.9. The van der Waals surface area contributed by atoms with Gasteiger partial charge >= 0.3 is 6.09 Å². The Hall–Kier alpha value is -3.05. The highest BCUT2D eigenvalue weighted by molar-refractivity contribution is 7.94. The monoisotopic (exact) mass is 810 g/mol. The van der Waals surface area contributed by atoms with Crippen molar-refractivity contribution in [3.8, 4) is 0 Å². The molecule has 0 saturated carbocycles. The van der Waals surface area contributed by atoms with Gasteiger partial charge in [0.2, 0.25) is 5.69 Å². The van der Waals surface area contributed by atoms with Gasteiger partial charge in [0.1, 0.15) is 12.1 Å². The third kappa shape index (κ3) is 9.74. The van der Waals surface area contributed by atoms with Crippen molar-refractivity contribution in [1.82, 2.24) is 4.90 Å². The lowest BCUT2D eigenvalue weighted by atomic mass is 9.81. The summed E-state index contributed by atoms with van der Waals surface area (Å²) in [6, 6.07) is 12.4. The molecule has 1 aliphatic carbocycles. The maximum atomic E-state index is 13.7. The maximum absolute atomic E-state index is 13.7. The van der Waals surface area contributed by atoms with Crippen molar-refractivity contribution in [2.45, 2.75) is 117 Å². The molecule has 1 N–H and O–H groups in total. The van der Waals surface area contributed by atoms with Crippen LogP contribution in [0.4, 0.5) is 16.2 Å². The minimum atomic E-state index is -0.640. The molecule has 5 rings (SSSR count). The Morgan fingerprint density at radius 1 is 0.964 bits per heavy atom. The maximum Gasteiger partial charge on any atom is 0.414 e. The fourth-order valence-corrected chi connectivity index (χ4v) is 8.81. The van der Waals surface area contributed by atoms with E-state index >= 15 is 0 Å². The molecule has 8 nitrogen and oxygen atoms in total. The molecule has 0 radical (unpaired) electrons. The molecule has 3 aliphatic rings. The largest absolute Gasteiger partial charge is 0.443 e. The average Bonchev–Trinajstić information content (AvgIpc) is 3.68. The quantitative estimate of drug-likeness (QED) is 0.0631. The van der Waals surface area contributed by atoms with Crippen LogP contribution in [0.25, 0.3) is 0 Å². The second-order valence-electron chi connectivity index (χ2n) is 16.6. The Morgan fingerprint density at radius 2 is 1.67 bits per heavy atom. The Morgan fingerprint density at radius 3 is 2.36 bits per heavy atom. The zero-order valence-electron chi connectivity index (χ0n) is 33.9. The Kier molecular flexibility index (Phi) is 14.1. The molecule has 0 saturated heterocycles. The van der Waals surface area contributed by atoms with E-state index in [0.29, 0.717) is 10.8 Å². The van der Waals surface area contributed by atoms with Crippen LogP contribution < -0.4 is 4.90 Å². The molecule has 298 valence electrons. The number of rotatable bonds is 15. The van der Waals surface area contributed by atoms with Crippen molar-refractivity contribution in [2.75, 3.05) is 30.8 Å². The first-order valence-electron chi connectivity index (χ1n) is 19.4. The van der Waals surface area contributed by atoms with Crippen molar-refractivity contribution in [3.05, 3.63) is 104 Å². The number of ether oxygens (including phenoxy) is 1. The first-order valence-corrected chi connectivity index (χ1v) is 21.1. The minimum absolute atomic E-state index is 0.254. The molecular weight excluding hydrogens is 753 g/mol. The van der Waals surface area contributed by atoms with Crippen LogP contribution in [0.5, 0.6) is 0 Å². The summed E-state index contributed by atoms with van der Waals surface area (Å²) in [5.41, 5.74) is 8.97. The van der Waals surface area contributed by atoms with Crippen molar-refractivity contribution >= 4 is 58.4 Å². The summed E-state index contributed by atoms with van der Waals surface area (Å²) in [6.45, 7) is 18.6. The number of carbonyl (C=O) groups is 1. The number of allylic oxidation sites excluding steroid dienone is 7. The number of halogens is 2. The van der Waals surface area contributed by atoms with Gasteiger partial charge in [-0.1, -0.05) is 67.6 Å². The second kappa shape index (κ2) is 18.0. The summed E-state index contributed by atoms with van der Waals surface area (Å²) in [5, 5.41) is 13.7. The van der Waals surface area contributed by atoms with Gasteiger partial charge in [-0.3, -0.25) is 4.90 Å². The van der Waals surface area contributed by atoms with Crippen LogP contribution in [0.3, 0.4) is 0 Å². The van der Waals surface area contributed by atoms with Gasteiger partial charge in [-0.25, -0.2) is 10.1 Å². The zero-order valence-corrected chi connectivity index (χ0v) is 36.3. The van der Waals surface area contributed by atoms with Gasteiger partial charge in [-0.2, -0.15) is 4.58 Å². The standard InChI is InChI=1S/C44H57Cl2N3O5S/c1-10-11-12-25-48-36-21-19-32(45)28-34(36)43(5,6)38(48)23-17-30-15-16-31(40(30)47(9)41(50)52-42(2,3)4)18-24-39-44(7,8)35-29-33(46)20-22-37(35)49(39)26-13-14-27-55-54-53-51/h17-24,28-29H,10-16,25-27H2,1-9H3/p+1. The lowest BCUT2D eigenvalue weighted by molar-refractivity contribution is -0.438. The molecule has 0 spiro atoms. The number of unbranched alkanes of at least 4 members (excludes halogenated alkanes) is 3. The van der Waals surface area contributed by atoms with Gasteiger partial charge in [0.15, 0.2) is 5.71 Å². The lowest BCUT2D eigenvalue weighted by Crippen LogP contribution is -2.34. The molecule has 11 heteroatoms. The zero-order chi connectivity index (χ0) is 40.1. The Bertz CT molecular complexity index is 1910. The number of anilines is 1. The van der Waals surface area contributed by atoms with Crippen molar-refractivity contribution in [2.24, 2.45) is 0 Å². The SMILES string of the molecule is CCCCC[N+]1=C(C=CC2=C(N(C)C(=O)OC(C)(C)C)C(=CC=C3N(CCCCSOOO)c4ccc(Cl)cc4C3(C)C)CC2)C(C)(C)c2cc(Cl)ccc21. The molecule has 0 aromatic heterocycles. The fourth-order valence-electron chi connectivity index (χ4n) is 8.03.